The van der Waals surface area contributed by atoms with Crippen molar-refractivity contribution in [1.29, 1.82) is 0 Å². The molecule has 0 aliphatic heterocycles. The smallest absolute Gasteiger partial charge is 0.218 e. The molecule has 3 rings (SSSR count). The van der Waals surface area contributed by atoms with Gasteiger partial charge in [-0.15, -0.1) is 35.7 Å². The minimum absolute atomic E-state index is 0. The number of halogens is 1. The van der Waals surface area contributed by atoms with Gasteiger partial charge in [-0.05, 0) is 31.0 Å². The summed E-state index contributed by atoms with van der Waals surface area (Å²) in [5.74, 6) is 1.41. The molecule has 1 aromatic heterocycles. The molecule has 0 radical (unpaired) electrons. The molecule has 2 N–H and O–H groups in total. The average Bonchev–Trinajstić information content (AvgIpc) is 3.49. The van der Waals surface area contributed by atoms with Crippen molar-refractivity contribution in [1.82, 2.24) is 15.6 Å². The van der Waals surface area contributed by atoms with Crippen LogP contribution >= 0.6 is 35.7 Å². The predicted molar refractivity (Wildman–Crippen MR) is 129 cm³/mol. The molecule has 29 heavy (non-hydrogen) atoms. The number of aromatic nitrogens is 1. The second-order valence-electron chi connectivity index (χ2n) is 6.69. The van der Waals surface area contributed by atoms with Gasteiger partial charge in [-0.25, -0.2) is 4.98 Å². The first-order valence-corrected chi connectivity index (χ1v) is 10.3. The third-order valence-electron chi connectivity index (χ3n) is 4.51. The third kappa shape index (κ3) is 7.67. The Bertz CT molecular complexity index is 772. The molecule has 8 heteroatoms. The molecular formula is C21H29IN4O2S. The largest absolute Gasteiger partial charge is 0.475 e. The first kappa shape index (κ1) is 23.8. The molecule has 158 valence electrons. The zero-order chi connectivity index (χ0) is 19.7. The van der Waals surface area contributed by atoms with Gasteiger partial charge in [0.2, 0.25) is 5.88 Å². The Morgan fingerprint density at radius 1 is 1.14 bits per heavy atom. The number of hydrogen-bond donors (Lipinski definition) is 2. The molecule has 6 nitrogen and oxygen atoms in total. The summed E-state index contributed by atoms with van der Waals surface area (Å²) in [7, 11) is 3.45. The summed E-state index contributed by atoms with van der Waals surface area (Å²) in [4.78, 5) is 9.98. The molecular weight excluding hydrogens is 499 g/mol. The van der Waals surface area contributed by atoms with Gasteiger partial charge in [0, 0.05) is 48.6 Å². The van der Waals surface area contributed by atoms with Gasteiger partial charge >= 0.3 is 0 Å². The average molecular weight is 528 g/mol. The molecule has 1 aliphatic carbocycles. The van der Waals surface area contributed by atoms with Crippen LogP contribution in [0, 0.1) is 0 Å². The fraction of sp³-hybridized carbons (Fsp3) is 0.429. The highest BCUT2D eigenvalue weighted by Gasteiger charge is 2.43. The van der Waals surface area contributed by atoms with Crippen molar-refractivity contribution < 1.29 is 9.47 Å². The summed E-state index contributed by atoms with van der Waals surface area (Å²) in [5, 5.41) is 6.83. The van der Waals surface area contributed by atoms with Crippen LogP contribution in [0.2, 0.25) is 0 Å². The normalized spacial score (nSPS) is 14.6. The van der Waals surface area contributed by atoms with Gasteiger partial charge in [0.15, 0.2) is 5.96 Å². The highest BCUT2D eigenvalue weighted by molar-refractivity contribution is 14.0. The van der Waals surface area contributed by atoms with E-state index in [4.69, 9.17) is 9.47 Å². The lowest BCUT2D eigenvalue weighted by molar-refractivity contribution is 0.143. The number of pyridine rings is 1. The van der Waals surface area contributed by atoms with Crippen LogP contribution in [0.3, 0.4) is 0 Å². The van der Waals surface area contributed by atoms with Crippen molar-refractivity contribution in [3.8, 4) is 5.88 Å². The molecule has 1 saturated carbocycles. The number of hydrogen-bond acceptors (Lipinski definition) is 5. The zero-order valence-electron chi connectivity index (χ0n) is 16.9. The van der Waals surface area contributed by atoms with E-state index in [1.54, 1.807) is 20.4 Å². The zero-order valence-corrected chi connectivity index (χ0v) is 20.0. The number of nitrogens with one attached hydrogen (secondary N) is 2. The van der Waals surface area contributed by atoms with E-state index in [1.165, 1.54) is 17.7 Å². The fourth-order valence-corrected chi connectivity index (χ4v) is 3.99. The number of methoxy groups -OCH3 is 1. The van der Waals surface area contributed by atoms with Crippen LogP contribution in [0.5, 0.6) is 5.88 Å². The maximum absolute atomic E-state index is 5.69. The quantitative estimate of drug-likeness (QED) is 0.212. The summed E-state index contributed by atoms with van der Waals surface area (Å²) in [6, 6.07) is 14.5. The molecule has 1 aliphatic rings. The number of guanidine groups is 1. The minimum atomic E-state index is 0. The van der Waals surface area contributed by atoms with Gasteiger partial charge < -0.3 is 20.1 Å². The molecule has 0 atom stereocenters. The van der Waals surface area contributed by atoms with Crippen molar-refractivity contribution in [2.45, 2.75) is 29.0 Å². The van der Waals surface area contributed by atoms with Crippen molar-refractivity contribution in [3.05, 3.63) is 54.2 Å². The van der Waals surface area contributed by atoms with Crippen LogP contribution < -0.4 is 15.4 Å². The van der Waals surface area contributed by atoms with E-state index in [0.29, 0.717) is 25.6 Å². The van der Waals surface area contributed by atoms with Crippen molar-refractivity contribution >= 4 is 41.7 Å². The number of benzene rings is 1. The molecule has 0 bridgehead atoms. The van der Waals surface area contributed by atoms with Crippen LogP contribution in [0.25, 0.3) is 0 Å². The van der Waals surface area contributed by atoms with E-state index in [1.807, 2.05) is 23.9 Å². The second kappa shape index (κ2) is 12.2. The van der Waals surface area contributed by atoms with E-state index in [0.717, 1.165) is 18.1 Å². The Morgan fingerprint density at radius 2 is 1.93 bits per heavy atom. The summed E-state index contributed by atoms with van der Waals surface area (Å²) >= 11 is 1.95. The van der Waals surface area contributed by atoms with Crippen molar-refractivity contribution in [2.75, 3.05) is 33.9 Å². The lowest BCUT2D eigenvalue weighted by Gasteiger charge is -2.19. The van der Waals surface area contributed by atoms with E-state index < -0.39 is 0 Å². The first-order chi connectivity index (χ1) is 13.7. The predicted octanol–water partition coefficient (Wildman–Crippen LogP) is 3.71. The summed E-state index contributed by atoms with van der Waals surface area (Å²) in [6.45, 7) is 2.49. The Hall–Kier alpha value is -1.52. The topological polar surface area (TPSA) is 67.8 Å². The van der Waals surface area contributed by atoms with Gasteiger partial charge in [-0.3, -0.25) is 4.99 Å². The number of rotatable bonds is 10. The van der Waals surface area contributed by atoms with Crippen molar-refractivity contribution in [3.63, 3.8) is 0 Å². The fourth-order valence-electron chi connectivity index (χ4n) is 2.75. The van der Waals surface area contributed by atoms with Crippen molar-refractivity contribution in [2.24, 2.45) is 4.99 Å². The minimum Gasteiger partial charge on any atom is -0.475 e. The van der Waals surface area contributed by atoms with Crippen LogP contribution in [0.15, 0.2) is 58.5 Å². The van der Waals surface area contributed by atoms with Gasteiger partial charge in [0.1, 0.15) is 6.61 Å². The number of aliphatic imine (C=N–C) groups is 1. The number of nitrogens with zero attached hydrogens (tertiary/aromatic N) is 2. The van der Waals surface area contributed by atoms with Crippen LogP contribution in [0.4, 0.5) is 0 Å². The summed E-state index contributed by atoms with van der Waals surface area (Å²) in [5.41, 5.74) is 0.987. The summed E-state index contributed by atoms with van der Waals surface area (Å²) < 4.78 is 11.0. The highest BCUT2D eigenvalue weighted by atomic mass is 127. The standard InChI is InChI=1S/C21H28N4O2S.HI/c1-22-20(24-15-17-7-6-12-23-19(17)27-14-13-26-2)25-16-21(10-11-21)28-18-8-4-3-5-9-18;/h3-9,12H,10-11,13-16H2,1-2H3,(H2,22,24,25);1H. The molecule has 2 aromatic rings. The molecule has 0 unspecified atom stereocenters. The first-order valence-electron chi connectivity index (χ1n) is 9.49. The SMILES string of the molecule is CN=C(NCc1cccnc1OCCOC)NCC1(Sc2ccccc2)CC1.I. The Labute approximate surface area is 194 Å². The van der Waals surface area contributed by atoms with Crippen LogP contribution in [-0.4, -0.2) is 49.6 Å². The summed E-state index contributed by atoms with van der Waals surface area (Å²) in [6.07, 6.45) is 4.17. The molecule has 0 amide bonds. The van der Waals surface area contributed by atoms with E-state index in [2.05, 4.69) is 50.9 Å². The van der Waals surface area contributed by atoms with E-state index in [9.17, 15) is 0 Å². The van der Waals surface area contributed by atoms with Gasteiger partial charge in [-0.2, -0.15) is 0 Å². The molecule has 1 heterocycles. The number of thioether (sulfide) groups is 1. The Morgan fingerprint density at radius 3 is 2.62 bits per heavy atom. The maximum Gasteiger partial charge on any atom is 0.218 e. The van der Waals surface area contributed by atoms with Gasteiger partial charge in [0.25, 0.3) is 0 Å². The molecule has 0 spiro atoms. The van der Waals surface area contributed by atoms with E-state index >= 15 is 0 Å². The lowest BCUT2D eigenvalue weighted by atomic mass is 10.2. The maximum atomic E-state index is 5.69. The third-order valence-corrected chi connectivity index (χ3v) is 6.00. The van der Waals surface area contributed by atoms with Gasteiger partial charge in [-0.1, -0.05) is 24.3 Å². The van der Waals surface area contributed by atoms with E-state index in [-0.39, 0.29) is 28.7 Å². The van der Waals surface area contributed by atoms with Gasteiger partial charge in [0.05, 0.1) is 6.61 Å². The second-order valence-corrected chi connectivity index (χ2v) is 8.23. The molecule has 1 fully saturated rings. The molecule has 1 aromatic carbocycles. The monoisotopic (exact) mass is 528 g/mol. The highest BCUT2D eigenvalue weighted by Crippen LogP contribution is 2.51. The lowest BCUT2D eigenvalue weighted by Crippen LogP contribution is -2.40. The number of ether oxygens (including phenoxy) is 2. The molecule has 0 saturated heterocycles. The Balaban J connectivity index is 0.00000300. The Kier molecular flexibility index (Phi) is 10.0. The van der Waals surface area contributed by atoms with Crippen LogP contribution in [0.1, 0.15) is 18.4 Å². The van der Waals surface area contributed by atoms with Crippen LogP contribution in [-0.2, 0) is 11.3 Å².